The lowest BCUT2D eigenvalue weighted by atomic mass is 10.1. The first-order chi connectivity index (χ1) is 7.92. The third-order valence-corrected chi connectivity index (χ3v) is 4.83. The molecule has 0 saturated carbocycles. The molecule has 1 aliphatic heterocycles. The van der Waals surface area contributed by atoms with Crippen LogP contribution in [0.15, 0.2) is 41.3 Å². The summed E-state index contributed by atoms with van der Waals surface area (Å²) in [6, 6.07) is 12.9. The minimum absolute atomic E-state index is 0. The largest absolute Gasteiger partial charge is 0.354 e. The Bertz CT molecular complexity index is 708. The number of rotatable bonds is 0. The maximum absolute atomic E-state index is 3.46. The predicted octanol–water partition coefficient (Wildman–Crippen LogP) is 4.82. The fourth-order valence-electron chi connectivity index (χ4n) is 2.14. The molecule has 0 saturated heterocycles. The van der Waals surface area contributed by atoms with Gasteiger partial charge in [0.25, 0.3) is 0 Å². The SMILES string of the molecule is Cl.c1ccc2c(c1)[nH]c1cc3c(cc12)NSS3. The number of aromatic nitrogens is 1. The van der Waals surface area contributed by atoms with Gasteiger partial charge in [-0.25, -0.2) is 0 Å². The highest BCUT2D eigenvalue weighted by atomic mass is 35.5. The molecule has 5 heteroatoms. The van der Waals surface area contributed by atoms with E-state index in [4.69, 9.17) is 0 Å². The summed E-state index contributed by atoms with van der Waals surface area (Å²) in [5, 5.41) is 2.59. The van der Waals surface area contributed by atoms with Crippen LogP contribution >= 0.6 is 34.2 Å². The average Bonchev–Trinajstić information content (AvgIpc) is 2.88. The van der Waals surface area contributed by atoms with E-state index in [9.17, 15) is 0 Å². The number of hydrogen-bond acceptors (Lipinski definition) is 3. The van der Waals surface area contributed by atoms with E-state index in [0.29, 0.717) is 0 Å². The van der Waals surface area contributed by atoms with Crippen LogP contribution < -0.4 is 4.72 Å². The normalized spacial score (nSPS) is 13.4. The second-order valence-electron chi connectivity index (χ2n) is 3.83. The zero-order valence-electron chi connectivity index (χ0n) is 8.69. The fraction of sp³-hybridized carbons (Fsp3) is 0. The summed E-state index contributed by atoms with van der Waals surface area (Å²) in [5.74, 6) is 0. The average molecular weight is 281 g/mol. The van der Waals surface area contributed by atoms with Crippen LogP contribution in [0.1, 0.15) is 0 Å². The number of halogens is 1. The first-order valence-electron chi connectivity index (χ1n) is 5.06. The molecular formula is C12H9ClN2S2. The Morgan fingerprint density at radius 1 is 0.941 bits per heavy atom. The second-order valence-corrected chi connectivity index (χ2v) is 5.81. The Morgan fingerprint density at radius 2 is 1.82 bits per heavy atom. The quantitative estimate of drug-likeness (QED) is 0.456. The number of benzene rings is 2. The summed E-state index contributed by atoms with van der Waals surface area (Å²) in [6.07, 6.45) is 0. The van der Waals surface area contributed by atoms with Crippen molar-refractivity contribution in [3.8, 4) is 0 Å². The molecule has 17 heavy (non-hydrogen) atoms. The lowest BCUT2D eigenvalue weighted by molar-refractivity contribution is 1.48. The Balaban J connectivity index is 0.000000902. The van der Waals surface area contributed by atoms with Crippen molar-refractivity contribution < 1.29 is 0 Å². The number of aromatic amines is 1. The molecule has 2 N–H and O–H groups in total. The maximum atomic E-state index is 3.46. The van der Waals surface area contributed by atoms with Gasteiger partial charge in [0, 0.05) is 37.7 Å². The van der Waals surface area contributed by atoms with Crippen LogP contribution in [0.3, 0.4) is 0 Å². The van der Waals surface area contributed by atoms with Crippen molar-refractivity contribution >= 4 is 61.7 Å². The molecule has 1 aliphatic rings. The smallest absolute Gasteiger partial charge is 0.0601 e. The van der Waals surface area contributed by atoms with Gasteiger partial charge in [0.05, 0.1) is 5.69 Å². The van der Waals surface area contributed by atoms with Crippen LogP contribution in [0.4, 0.5) is 5.69 Å². The van der Waals surface area contributed by atoms with Crippen LogP contribution in [0.25, 0.3) is 21.8 Å². The van der Waals surface area contributed by atoms with Crippen LogP contribution in [0.2, 0.25) is 0 Å². The second kappa shape index (κ2) is 4.05. The minimum atomic E-state index is 0. The van der Waals surface area contributed by atoms with Gasteiger partial charge in [-0.05, 0) is 29.0 Å². The van der Waals surface area contributed by atoms with Crippen molar-refractivity contribution in [2.75, 3.05) is 4.72 Å². The zero-order valence-corrected chi connectivity index (χ0v) is 11.1. The van der Waals surface area contributed by atoms with E-state index in [0.717, 1.165) is 0 Å². The summed E-state index contributed by atoms with van der Waals surface area (Å²) >= 11 is 0. The highest BCUT2D eigenvalue weighted by molar-refractivity contribution is 8.77. The lowest BCUT2D eigenvalue weighted by Gasteiger charge is -1.97. The van der Waals surface area contributed by atoms with E-state index in [1.54, 1.807) is 21.8 Å². The molecule has 2 aromatic carbocycles. The van der Waals surface area contributed by atoms with Gasteiger partial charge in [0.1, 0.15) is 0 Å². The van der Waals surface area contributed by atoms with Crippen molar-refractivity contribution in [2.45, 2.75) is 4.90 Å². The van der Waals surface area contributed by atoms with Gasteiger partial charge in [-0.3, -0.25) is 0 Å². The van der Waals surface area contributed by atoms with Crippen molar-refractivity contribution in [3.63, 3.8) is 0 Å². The van der Waals surface area contributed by atoms with Crippen molar-refractivity contribution in [3.05, 3.63) is 36.4 Å². The van der Waals surface area contributed by atoms with E-state index < -0.39 is 0 Å². The van der Waals surface area contributed by atoms with Crippen LogP contribution in [-0.4, -0.2) is 4.98 Å². The molecule has 0 bridgehead atoms. The topological polar surface area (TPSA) is 27.8 Å². The molecule has 0 fully saturated rings. The Morgan fingerprint density at radius 3 is 2.76 bits per heavy atom. The number of nitrogens with one attached hydrogen (secondary N) is 2. The molecule has 0 aliphatic carbocycles. The number of fused-ring (bicyclic) bond motifs is 4. The molecule has 4 rings (SSSR count). The van der Waals surface area contributed by atoms with E-state index in [1.807, 2.05) is 0 Å². The molecule has 2 nitrogen and oxygen atoms in total. The minimum Gasteiger partial charge on any atom is -0.354 e. The Kier molecular flexibility index (Phi) is 2.65. The van der Waals surface area contributed by atoms with Gasteiger partial charge in [-0.2, -0.15) is 0 Å². The highest BCUT2D eigenvalue weighted by Gasteiger charge is 2.14. The lowest BCUT2D eigenvalue weighted by Crippen LogP contribution is -1.78. The first-order valence-corrected chi connectivity index (χ1v) is 7.21. The number of anilines is 1. The standard InChI is InChI=1S/C12H8N2S2.ClH/c1-2-4-9-7(3-1)8-5-11-12(15-16-14-11)6-10(8)13-9;/h1-6,13-14H;1H. The third kappa shape index (κ3) is 1.59. The predicted molar refractivity (Wildman–Crippen MR) is 80.1 cm³/mol. The number of para-hydroxylation sites is 1. The Hall–Kier alpha value is -0.970. The van der Waals surface area contributed by atoms with E-state index in [-0.39, 0.29) is 12.4 Å². The summed E-state index contributed by atoms with van der Waals surface area (Å²) in [5.41, 5.74) is 3.66. The molecule has 0 amide bonds. The van der Waals surface area contributed by atoms with E-state index in [1.165, 1.54) is 32.4 Å². The highest BCUT2D eigenvalue weighted by Crippen LogP contribution is 2.46. The van der Waals surface area contributed by atoms with Gasteiger partial charge in [0.2, 0.25) is 0 Å². The molecule has 0 spiro atoms. The number of H-pyrrole nitrogens is 1. The molecule has 0 atom stereocenters. The molecule has 86 valence electrons. The monoisotopic (exact) mass is 280 g/mol. The van der Waals surface area contributed by atoms with Crippen LogP contribution in [0.5, 0.6) is 0 Å². The van der Waals surface area contributed by atoms with Crippen molar-refractivity contribution in [1.82, 2.24) is 4.98 Å². The summed E-state index contributed by atoms with van der Waals surface area (Å²) < 4.78 is 3.31. The summed E-state index contributed by atoms with van der Waals surface area (Å²) in [4.78, 5) is 4.77. The van der Waals surface area contributed by atoms with Gasteiger partial charge >= 0.3 is 0 Å². The first kappa shape index (κ1) is 11.1. The van der Waals surface area contributed by atoms with Gasteiger partial charge in [-0.1, -0.05) is 18.2 Å². The zero-order chi connectivity index (χ0) is 10.5. The molecule has 0 unspecified atom stereocenters. The maximum Gasteiger partial charge on any atom is 0.0601 e. The molecule has 1 aromatic heterocycles. The van der Waals surface area contributed by atoms with Crippen LogP contribution in [-0.2, 0) is 0 Å². The van der Waals surface area contributed by atoms with Gasteiger partial charge in [0.15, 0.2) is 0 Å². The molecule has 2 heterocycles. The van der Waals surface area contributed by atoms with E-state index in [2.05, 4.69) is 46.1 Å². The van der Waals surface area contributed by atoms with E-state index >= 15 is 0 Å². The third-order valence-electron chi connectivity index (χ3n) is 2.89. The summed E-state index contributed by atoms with van der Waals surface area (Å²) in [6.45, 7) is 0. The van der Waals surface area contributed by atoms with Crippen molar-refractivity contribution in [1.29, 1.82) is 0 Å². The molecule has 0 radical (unpaired) electrons. The Labute approximate surface area is 112 Å². The molecule has 3 aromatic rings. The number of hydrogen-bond donors (Lipinski definition) is 2. The van der Waals surface area contributed by atoms with Gasteiger partial charge < -0.3 is 9.71 Å². The van der Waals surface area contributed by atoms with Crippen LogP contribution in [0, 0.1) is 0 Å². The fourth-order valence-corrected chi connectivity index (χ4v) is 4.04. The van der Waals surface area contributed by atoms with Crippen molar-refractivity contribution in [2.24, 2.45) is 0 Å². The van der Waals surface area contributed by atoms with Gasteiger partial charge in [-0.15, -0.1) is 12.4 Å². The summed E-state index contributed by atoms with van der Waals surface area (Å²) in [7, 11) is 3.45. The molecular weight excluding hydrogens is 272 g/mol.